The van der Waals surface area contributed by atoms with Crippen molar-refractivity contribution in [3.05, 3.63) is 24.0 Å². The molecule has 2 heterocycles. The maximum Gasteiger partial charge on any atom is 0.140 e. The Morgan fingerprint density at radius 1 is 1.44 bits per heavy atom. The van der Waals surface area contributed by atoms with Crippen LogP contribution in [0.2, 0.25) is 0 Å². The second-order valence-electron chi connectivity index (χ2n) is 4.80. The molecule has 0 unspecified atom stereocenters. The molecule has 0 radical (unpaired) electrons. The lowest BCUT2D eigenvalue weighted by molar-refractivity contribution is 0.198. The minimum absolute atomic E-state index is 0.469. The molecular weight excluding hydrogens is 224 g/mol. The summed E-state index contributed by atoms with van der Waals surface area (Å²) < 4.78 is 0. The van der Waals surface area contributed by atoms with Gasteiger partial charge in [-0.3, -0.25) is 0 Å². The van der Waals surface area contributed by atoms with Crippen LogP contribution in [0.3, 0.4) is 0 Å². The Hall–Kier alpha value is -1.60. The Morgan fingerprint density at radius 3 is 2.78 bits per heavy atom. The highest BCUT2D eigenvalue weighted by atomic mass is 15.1. The summed E-state index contributed by atoms with van der Waals surface area (Å²) in [7, 11) is 0. The number of nitrogens with zero attached hydrogens (tertiary/aromatic N) is 3. The first-order valence-electron chi connectivity index (χ1n) is 6.64. The lowest BCUT2D eigenvalue weighted by Gasteiger charge is -2.31. The van der Waals surface area contributed by atoms with Gasteiger partial charge < -0.3 is 10.2 Å². The van der Waals surface area contributed by atoms with Gasteiger partial charge in [0.25, 0.3) is 0 Å². The number of pyridine rings is 1. The van der Waals surface area contributed by atoms with Crippen molar-refractivity contribution < 1.29 is 0 Å². The molecule has 1 aliphatic heterocycles. The number of nitriles is 1. The molecule has 0 saturated carbocycles. The first-order valence-corrected chi connectivity index (χ1v) is 6.64. The zero-order valence-electron chi connectivity index (χ0n) is 10.9. The average Bonchev–Trinajstić information content (AvgIpc) is 2.46. The third kappa shape index (κ3) is 3.44. The normalized spacial score (nSPS) is 17.3. The van der Waals surface area contributed by atoms with Crippen molar-refractivity contribution in [3.63, 3.8) is 0 Å². The molecule has 2 rings (SSSR count). The smallest absolute Gasteiger partial charge is 0.140 e. The summed E-state index contributed by atoms with van der Waals surface area (Å²) in [6.45, 7) is 6.83. The number of nitrogens with one attached hydrogen (secondary N) is 1. The van der Waals surface area contributed by atoms with Gasteiger partial charge in [0, 0.05) is 6.54 Å². The van der Waals surface area contributed by atoms with Crippen molar-refractivity contribution in [2.75, 3.05) is 31.5 Å². The van der Waals surface area contributed by atoms with E-state index in [-0.39, 0.29) is 0 Å². The van der Waals surface area contributed by atoms with E-state index in [1.807, 2.05) is 12.1 Å². The van der Waals surface area contributed by atoms with Crippen molar-refractivity contribution in [2.45, 2.75) is 19.8 Å². The van der Waals surface area contributed by atoms with E-state index in [2.05, 4.69) is 22.1 Å². The van der Waals surface area contributed by atoms with Gasteiger partial charge in [-0.15, -0.1) is 0 Å². The molecule has 0 bridgehead atoms. The summed E-state index contributed by atoms with van der Waals surface area (Å²) in [4.78, 5) is 6.55. The van der Waals surface area contributed by atoms with Crippen molar-refractivity contribution in [1.29, 1.82) is 5.26 Å². The standard InChI is InChI=1S/C14H20N4/c1-2-18-7-5-12(6-8-18)10-16-14-4-3-13(9-15)17-11-14/h3-4,11-12,16H,2,5-8,10H2,1H3. The van der Waals surface area contributed by atoms with Crippen molar-refractivity contribution >= 4 is 5.69 Å². The number of aromatic nitrogens is 1. The van der Waals surface area contributed by atoms with E-state index in [4.69, 9.17) is 5.26 Å². The predicted molar refractivity (Wildman–Crippen MR) is 72.3 cm³/mol. The Kier molecular flexibility index (Phi) is 4.54. The second kappa shape index (κ2) is 6.36. The van der Waals surface area contributed by atoms with Gasteiger partial charge >= 0.3 is 0 Å². The van der Waals surface area contributed by atoms with E-state index < -0.39 is 0 Å². The minimum Gasteiger partial charge on any atom is -0.384 e. The molecule has 0 spiro atoms. The van der Waals surface area contributed by atoms with E-state index in [1.54, 1.807) is 12.3 Å². The lowest BCUT2D eigenvalue weighted by Crippen LogP contribution is -2.35. The van der Waals surface area contributed by atoms with Gasteiger partial charge in [0.05, 0.1) is 11.9 Å². The Bertz CT molecular complexity index is 399. The molecule has 18 heavy (non-hydrogen) atoms. The monoisotopic (exact) mass is 244 g/mol. The quantitative estimate of drug-likeness (QED) is 0.881. The minimum atomic E-state index is 0.469. The lowest BCUT2D eigenvalue weighted by atomic mass is 9.97. The second-order valence-corrected chi connectivity index (χ2v) is 4.80. The van der Waals surface area contributed by atoms with E-state index in [0.29, 0.717) is 5.69 Å². The number of piperidine rings is 1. The third-order valence-corrected chi connectivity index (χ3v) is 3.63. The van der Waals surface area contributed by atoms with Crippen LogP contribution in [0.1, 0.15) is 25.5 Å². The topological polar surface area (TPSA) is 52.0 Å². The fraction of sp³-hybridized carbons (Fsp3) is 0.571. The maximum atomic E-state index is 8.67. The first kappa shape index (κ1) is 12.8. The van der Waals surface area contributed by atoms with Gasteiger partial charge in [-0.2, -0.15) is 5.26 Å². The molecule has 1 aliphatic rings. The largest absolute Gasteiger partial charge is 0.384 e. The van der Waals surface area contributed by atoms with Crippen LogP contribution in [-0.4, -0.2) is 36.1 Å². The molecule has 1 N–H and O–H groups in total. The fourth-order valence-corrected chi connectivity index (χ4v) is 2.33. The summed E-state index contributed by atoms with van der Waals surface area (Å²) in [6, 6.07) is 5.70. The van der Waals surface area contributed by atoms with Gasteiger partial charge in [-0.05, 0) is 50.5 Å². The first-order chi connectivity index (χ1) is 8.81. The van der Waals surface area contributed by atoms with Crippen LogP contribution in [0.4, 0.5) is 5.69 Å². The molecule has 0 atom stereocenters. The highest BCUT2D eigenvalue weighted by molar-refractivity contribution is 5.42. The van der Waals surface area contributed by atoms with Crippen LogP contribution in [0.5, 0.6) is 0 Å². The molecule has 0 aliphatic carbocycles. The molecule has 1 fully saturated rings. The van der Waals surface area contributed by atoms with E-state index in [1.165, 1.54) is 32.5 Å². The molecule has 1 aromatic heterocycles. The van der Waals surface area contributed by atoms with Crippen molar-refractivity contribution in [2.24, 2.45) is 5.92 Å². The van der Waals surface area contributed by atoms with Gasteiger partial charge in [0.15, 0.2) is 0 Å². The predicted octanol–water partition coefficient (Wildman–Crippen LogP) is 2.10. The third-order valence-electron chi connectivity index (χ3n) is 3.63. The molecule has 96 valence electrons. The van der Waals surface area contributed by atoms with Crippen LogP contribution in [0.15, 0.2) is 18.3 Å². The van der Waals surface area contributed by atoms with Gasteiger partial charge in [-0.25, -0.2) is 4.98 Å². The summed E-state index contributed by atoms with van der Waals surface area (Å²) in [5.41, 5.74) is 1.48. The molecular formula is C14H20N4. The molecule has 1 saturated heterocycles. The fourth-order valence-electron chi connectivity index (χ4n) is 2.33. The Morgan fingerprint density at radius 2 is 2.22 bits per heavy atom. The average molecular weight is 244 g/mol. The number of likely N-dealkylation sites (tertiary alicyclic amines) is 1. The molecule has 0 amide bonds. The molecule has 0 aromatic carbocycles. The van der Waals surface area contributed by atoms with Crippen LogP contribution in [0, 0.1) is 17.2 Å². The van der Waals surface area contributed by atoms with Crippen molar-refractivity contribution in [3.8, 4) is 6.07 Å². The van der Waals surface area contributed by atoms with E-state index >= 15 is 0 Å². The molecule has 4 heteroatoms. The van der Waals surface area contributed by atoms with Gasteiger partial charge in [-0.1, -0.05) is 6.92 Å². The highest BCUT2D eigenvalue weighted by Crippen LogP contribution is 2.17. The van der Waals surface area contributed by atoms with E-state index in [0.717, 1.165) is 18.2 Å². The van der Waals surface area contributed by atoms with Crippen molar-refractivity contribution in [1.82, 2.24) is 9.88 Å². The molecule has 1 aromatic rings. The molecule has 4 nitrogen and oxygen atoms in total. The van der Waals surface area contributed by atoms with Crippen LogP contribution < -0.4 is 5.32 Å². The summed E-state index contributed by atoms with van der Waals surface area (Å²) in [5.74, 6) is 0.753. The Balaban J connectivity index is 1.76. The zero-order chi connectivity index (χ0) is 12.8. The zero-order valence-corrected chi connectivity index (χ0v) is 10.9. The van der Waals surface area contributed by atoms with Crippen LogP contribution >= 0.6 is 0 Å². The number of anilines is 1. The summed E-state index contributed by atoms with van der Waals surface area (Å²) in [5, 5.41) is 12.1. The number of hydrogen-bond donors (Lipinski definition) is 1. The van der Waals surface area contributed by atoms with Crippen LogP contribution in [-0.2, 0) is 0 Å². The van der Waals surface area contributed by atoms with Gasteiger partial charge in [0.2, 0.25) is 0 Å². The van der Waals surface area contributed by atoms with Crippen LogP contribution in [0.25, 0.3) is 0 Å². The summed E-state index contributed by atoms with van der Waals surface area (Å²) in [6.07, 6.45) is 4.27. The number of hydrogen-bond acceptors (Lipinski definition) is 4. The SMILES string of the molecule is CCN1CCC(CNc2ccc(C#N)nc2)CC1. The Labute approximate surface area is 109 Å². The number of rotatable bonds is 4. The van der Waals surface area contributed by atoms with E-state index in [9.17, 15) is 0 Å². The van der Waals surface area contributed by atoms with Gasteiger partial charge in [0.1, 0.15) is 11.8 Å². The summed E-state index contributed by atoms with van der Waals surface area (Å²) >= 11 is 0. The maximum absolute atomic E-state index is 8.67. The highest BCUT2D eigenvalue weighted by Gasteiger charge is 2.17.